The summed E-state index contributed by atoms with van der Waals surface area (Å²) in [6, 6.07) is 22.0. The van der Waals surface area contributed by atoms with E-state index in [1.165, 1.54) is 5.56 Å². The number of carbonyl (C=O) groups is 3. The fraction of sp³-hybridized carbons (Fsp3) is 0.192. The summed E-state index contributed by atoms with van der Waals surface area (Å²) < 4.78 is 0. The Morgan fingerprint density at radius 3 is 1.75 bits per heavy atom. The van der Waals surface area contributed by atoms with E-state index in [0.29, 0.717) is 17.7 Å². The molecule has 162 valence electrons. The number of ketones is 1. The molecule has 2 unspecified atom stereocenters. The van der Waals surface area contributed by atoms with Gasteiger partial charge in [0.05, 0.1) is 5.92 Å². The molecule has 0 radical (unpaired) electrons. The number of benzene rings is 3. The second-order valence-electron chi connectivity index (χ2n) is 7.94. The van der Waals surface area contributed by atoms with Crippen LogP contribution in [0.5, 0.6) is 0 Å². The highest BCUT2D eigenvalue weighted by Gasteiger charge is 2.48. The fourth-order valence-corrected chi connectivity index (χ4v) is 3.66. The summed E-state index contributed by atoms with van der Waals surface area (Å²) in [6.45, 7) is 2.08. The number of carboxylic acids is 1. The normalized spacial score (nSPS) is 16.8. The Balaban J connectivity index is 1.35. The average Bonchev–Trinajstić information content (AvgIpc) is 3.61. The first kappa shape index (κ1) is 21.3. The maximum atomic E-state index is 12.4. The maximum Gasteiger partial charge on any atom is 0.323 e. The average molecular weight is 428 g/mol. The van der Waals surface area contributed by atoms with E-state index in [9.17, 15) is 14.4 Å². The highest BCUT2D eigenvalue weighted by atomic mass is 16.4. The lowest BCUT2D eigenvalue weighted by atomic mass is 10.0. The lowest BCUT2D eigenvalue weighted by Gasteiger charge is -2.09. The van der Waals surface area contributed by atoms with Crippen LogP contribution in [-0.2, 0) is 11.2 Å². The molecule has 1 aliphatic carbocycles. The molecule has 4 rings (SSSR count). The van der Waals surface area contributed by atoms with Gasteiger partial charge in [0.2, 0.25) is 0 Å². The smallest absolute Gasteiger partial charge is 0.323 e. The molecule has 1 aliphatic rings. The SMILES string of the molecule is CCc1ccc(NC(=O)Nc2ccc(-c3ccc(C(=O)C4CC4C(=O)O)cc3)cc2)cc1. The molecule has 6 nitrogen and oxygen atoms in total. The minimum absolute atomic E-state index is 0.112. The number of urea groups is 1. The Labute approximate surface area is 186 Å². The number of carboxylic acid groups (broad SMARTS) is 1. The molecule has 0 heterocycles. The lowest BCUT2D eigenvalue weighted by molar-refractivity contribution is -0.138. The summed E-state index contributed by atoms with van der Waals surface area (Å²) in [5, 5.41) is 14.6. The third kappa shape index (κ3) is 4.86. The van der Waals surface area contributed by atoms with Crippen molar-refractivity contribution in [3.8, 4) is 11.1 Å². The van der Waals surface area contributed by atoms with Gasteiger partial charge in [0.25, 0.3) is 0 Å². The molecule has 2 atom stereocenters. The molecular weight excluding hydrogens is 404 g/mol. The number of Topliss-reactive ketones (excluding diaryl/α,β-unsaturated/α-hetero) is 1. The topological polar surface area (TPSA) is 95.5 Å². The Kier molecular flexibility index (Phi) is 6.03. The second kappa shape index (κ2) is 9.06. The summed E-state index contributed by atoms with van der Waals surface area (Å²) >= 11 is 0. The van der Waals surface area contributed by atoms with Gasteiger partial charge < -0.3 is 15.7 Å². The monoisotopic (exact) mass is 428 g/mol. The van der Waals surface area contributed by atoms with Gasteiger partial charge in [-0.05, 0) is 53.8 Å². The Bertz CT molecular complexity index is 1140. The van der Waals surface area contributed by atoms with E-state index in [1.54, 1.807) is 12.1 Å². The number of carbonyl (C=O) groups excluding carboxylic acids is 2. The van der Waals surface area contributed by atoms with E-state index in [1.807, 2.05) is 60.7 Å². The van der Waals surface area contributed by atoms with Gasteiger partial charge in [-0.1, -0.05) is 55.5 Å². The first-order valence-corrected chi connectivity index (χ1v) is 10.6. The molecule has 0 saturated heterocycles. The first-order valence-electron chi connectivity index (χ1n) is 10.6. The molecule has 0 spiro atoms. The number of hydrogen-bond acceptors (Lipinski definition) is 3. The van der Waals surface area contributed by atoms with E-state index in [0.717, 1.165) is 23.2 Å². The third-order valence-corrected chi connectivity index (χ3v) is 5.71. The zero-order valence-electron chi connectivity index (χ0n) is 17.7. The number of rotatable bonds is 7. The van der Waals surface area contributed by atoms with E-state index in [-0.39, 0.29) is 11.8 Å². The van der Waals surface area contributed by atoms with E-state index in [4.69, 9.17) is 5.11 Å². The van der Waals surface area contributed by atoms with Gasteiger partial charge in [-0.25, -0.2) is 4.79 Å². The van der Waals surface area contributed by atoms with Crippen molar-refractivity contribution in [2.45, 2.75) is 19.8 Å². The minimum Gasteiger partial charge on any atom is -0.481 e. The van der Waals surface area contributed by atoms with Crippen molar-refractivity contribution in [2.75, 3.05) is 10.6 Å². The zero-order chi connectivity index (χ0) is 22.7. The minimum atomic E-state index is -0.906. The van der Waals surface area contributed by atoms with Crippen molar-refractivity contribution in [3.05, 3.63) is 83.9 Å². The molecule has 0 bridgehead atoms. The molecule has 0 aliphatic heterocycles. The number of aliphatic carboxylic acids is 1. The molecule has 3 aromatic rings. The molecule has 1 saturated carbocycles. The number of amides is 2. The first-order chi connectivity index (χ1) is 15.4. The van der Waals surface area contributed by atoms with Crippen LogP contribution in [0.15, 0.2) is 72.8 Å². The summed E-state index contributed by atoms with van der Waals surface area (Å²) in [6.07, 6.45) is 1.37. The molecule has 1 fully saturated rings. The van der Waals surface area contributed by atoms with Gasteiger partial charge in [-0.3, -0.25) is 9.59 Å². The molecule has 32 heavy (non-hydrogen) atoms. The second-order valence-corrected chi connectivity index (χ2v) is 7.94. The standard InChI is InChI=1S/C26H24N2O4/c1-2-16-3-11-20(12-4-16)27-26(32)28-21-13-9-18(10-14-21)17-5-7-19(8-6-17)24(29)22-15-23(22)25(30)31/h3-14,22-23H,2,15H2,1H3,(H,30,31)(H2,27,28,32). The zero-order valence-corrected chi connectivity index (χ0v) is 17.7. The molecule has 0 aromatic heterocycles. The van der Waals surface area contributed by atoms with Crippen LogP contribution < -0.4 is 10.6 Å². The van der Waals surface area contributed by atoms with Crippen molar-refractivity contribution in [2.24, 2.45) is 11.8 Å². The van der Waals surface area contributed by atoms with Crippen molar-refractivity contribution in [3.63, 3.8) is 0 Å². The summed E-state index contributed by atoms with van der Waals surface area (Å²) in [5.74, 6) is -1.97. The molecule has 2 amide bonds. The van der Waals surface area contributed by atoms with Crippen molar-refractivity contribution >= 4 is 29.2 Å². The fourth-order valence-electron chi connectivity index (χ4n) is 3.66. The van der Waals surface area contributed by atoms with E-state index < -0.39 is 17.8 Å². The van der Waals surface area contributed by atoms with Crippen LogP contribution in [0.25, 0.3) is 11.1 Å². The van der Waals surface area contributed by atoms with Crippen LogP contribution in [0.4, 0.5) is 16.2 Å². The van der Waals surface area contributed by atoms with Crippen LogP contribution in [0.1, 0.15) is 29.3 Å². The Morgan fingerprint density at radius 1 is 0.781 bits per heavy atom. The number of hydrogen-bond donors (Lipinski definition) is 3. The molecule has 3 aromatic carbocycles. The predicted octanol–water partition coefficient (Wildman–Crippen LogP) is 5.46. The quantitative estimate of drug-likeness (QED) is 0.435. The third-order valence-electron chi connectivity index (χ3n) is 5.71. The highest BCUT2D eigenvalue weighted by molar-refractivity contribution is 6.03. The Morgan fingerprint density at radius 2 is 1.28 bits per heavy atom. The van der Waals surface area contributed by atoms with Gasteiger partial charge in [0.1, 0.15) is 0 Å². The van der Waals surface area contributed by atoms with Gasteiger partial charge in [-0.15, -0.1) is 0 Å². The van der Waals surface area contributed by atoms with Crippen molar-refractivity contribution in [1.82, 2.24) is 0 Å². The van der Waals surface area contributed by atoms with Crippen LogP contribution >= 0.6 is 0 Å². The van der Waals surface area contributed by atoms with Crippen LogP contribution in [0.2, 0.25) is 0 Å². The number of nitrogens with one attached hydrogen (secondary N) is 2. The molecular formula is C26H24N2O4. The number of aryl methyl sites for hydroxylation is 1. The highest BCUT2D eigenvalue weighted by Crippen LogP contribution is 2.41. The van der Waals surface area contributed by atoms with E-state index in [2.05, 4.69) is 17.6 Å². The Hall–Kier alpha value is -3.93. The number of anilines is 2. The van der Waals surface area contributed by atoms with Crippen molar-refractivity contribution in [1.29, 1.82) is 0 Å². The maximum absolute atomic E-state index is 12.4. The largest absolute Gasteiger partial charge is 0.481 e. The lowest BCUT2D eigenvalue weighted by Crippen LogP contribution is -2.19. The van der Waals surface area contributed by atoms with E-state index >= 15 is 0 Å². The van der Waals surface area contributed by atoms with Crippen molar-refractivity contribution < 1.29 is 19.5 Å². The van der Waals surface area contributed by atoms with Gasteiger partial charge >= 0.3 is 12.0 Å². The van der Waals surface area contributed by atoms with Gasteiger partial charge in [0, 0.05) is 22.9 Å². The predicted molar refractivity (Wildman–Crippen MR) is 124 cm³/mol. The van der Waals surface area contributed by atoms with Crippen LogP contribution in [-0.4, -0.2) is 22.9 Å². The molecule has 6 heteroatoms. The summed E-state index contributed by atoms with van der Waals surface area (Å²) in [4.78, 5) is 35.6. The summed E-state index contributed by atoms with van der Waals surface area (Å²) in [5.41, 5.74) is 5.01. The van der Waals surface area contributed by atoms with Crippen LogP contribution in [0.3, 0.4) is 0 Å². The van der Waals surface area contributed by atoms with Gasteiger partial charge in [-0.2, -0.15) is 0 Å². The van der Waals surface area contributed by atoms with Gasteiger partial charge in [0.15, 0.2) is 5.78 Å². The molecule has 3 N–H and O–H groups in total. The summed E-state index contributed by atoms with van der Waals surface area (Å²) in [7, 11) is 0. The van der Waals surface area contributed by atoms with Crippen LogP contribution in [0, 0.1) is 11.8 Å².